The molecular formula is C21H28N2O2. The summed E-state index contributed by atoms with van der Waals surface area (Å²) in [5, 5.41) is 10.5. The molecule has 1 aliphatic heterocycles. The molecule has 1 fully saturated rings. The Bertz CT molecular complexity index is 692. The van der Waals surface area contributed by atoms with E-state index in [1.165, 1.54) is 16.8 Å². The lowest BCUT2D eigenvalue weighted by Crippen LogP contribution is -2.47. The Labute approximate surface area is 150 Å². The van der Waals surface area contributed by atoms with Crippen LogP contribution in [-0.2, 0) is 0 Å². The summed E-state index contributed by atoms with van der Waals surface area (Å²) >= 11 is 0. The van der Waals surface area contributed by atoms with E-state index in [-0.39, 0.29) is 0 Å². The number of aliphatic hydroxyl groups is 1. The maximum atomic E-state index is 10.5. The fourth-order valence-electron chi connectivity index (χ4n) is 3.43. The Morgan fingerprint density at radius 2 is 1.68 bits per heavy atom. The summed E-state index contributed by atoms with van der Waals surface area (Å²) in [5.74, 6) is 0.818. The van der Waals surface area contributed by atoms with Crippen molar-refractivity contribution in [2.24, 2.45) is 0 Å². The molecule has 0 radical (unpaired) electrons. The summed E-state index contributed by atoms with van der Waals surface area (Å²) in [4.78, 5) is 4.80. The van der Waals surface area contributed by atoms with Crippen LogP contribution in [-0.4, -0.2) is 49.8 Å². The molecule has 134 valence electrons. The summed E-state index contributed by atoms with van der Waals surface area (Å²) in [6.07, 6.45) is -0.460. The first-order valence-corrected chi connectivity index (χ1v) is 8.94. The van der Waals surface area contributed by atoms with Gasteiger partial charge in [-0.2, -0.15) is 0 Å². The van der Waals surface area contributed by atoms with E-state index in [2.05, 4.69) is 41.8 Å². The zero-order chi connectivity index (χ0) is 17.8. The standard InChI is InChI=1S/C21H28N2O2/c1-16-5-4-6-20(17(16)2)23-13-11-22(12-14-23)15-21(24)18-7-9-19(25-3)10-8-18/h4-10,21,24H,11-15H2,1-3H3/t21-/m1/s1. The molecule has 1 N–H and O–H groups in total. The topological polar surface area (TPSA) is 35.9 Å². The van der Waals surface area contributed by atoms with Crippen LogP contribution in [0.15, 0.2) is 42.5 Å². The van der Waals surface area contributed by atoms with Gasteiger partial charge in [0.25, 0.3) is 0 Å². The number of nitrogens with zero attached hydrogens (tertiary/aromatic N) is 2. The zero-order valence-corrected chi connectivity index (χ0v) is 15.4. The van der Waals surface area contributed by atoms with Crippen molar-refractivity contribution in [2.45, 2.75) is 20.0 Å². The van der Waals surface area contributed by atoms with Gasteiger partial charge in [0, 0.05) is 38.4 Å². The number of hydrogen-bond donors (Lipinski definition) is 1. The summed E-state index contributed by atoms with van der Waals surface area (Å²) in [5.41, 5.74) is 5.00. The van der Waals surface area contributed by atoms with Gasteiger partial charge >= 0.3 is 0 Å². The number of methoxy groups -OCH3 is 1. The van der Waals surface area contributed by atoms with E-state index >= 15 is 0 Å². The van der Waals surface area contributed by atoms with Gasteiger partial charge in [0.1, 0.15) is 5.75 Å². The predicted octanol–water partition coefficient (Wildman–Crippen LogP) is 3.17. The van der Waals surface area contributed by atoms with Crippen LogP contribution < -0.4 is 9.64 Å². The second kappa shape index (κ2) is 7.89. The number of hydrogen-bond acceptors (Lipinski definition) is 4. The highest BCUT2D eigenvalue weighted by atomic mass is 16.5. The summed E-state index contributed by atoms with van der Waals surface area (Å²) in [6, 6.07) is 14.2. The van der Waals surface area contributed by atoms with Gasteiger partial charge < -0.3 is 14.7 Å². The minimum absolute atomic E-state index is 0.460. The molecule has 3 rings (SSSR count). The molecule has 1 heterocycles. The Kier molecular flexibility index (Phi) is 5.61. The van der Waals surface area contributed by atoms with Gasteiger partial charge in [0.15, 0.2) is 0 Å². The number of piperazine rings is 1. The number of benzene rings is 2. The van der Waals surface area contributed by atoms with Crippen LogP contribution in [0.2, 0.25) is 0 Å². The van der Waals surface area contributed by atoms with Gasteiger partial charge in [0.05, 0.1) is 13.2 Å². The molecule has 2 aromatic carbocycles. The molecule has 0 amide bonds. The van der Waals surface area contributed by atoms with Crippen molar-refractivity contribution >= 4 is 5.69 Å². The van der Waals surface area contributed by atoms with Crippen LogP contribution >= 0.6 is 0 Å². The number of anilines is 1. The Morgan fingerprint density at radius 3 is 2.32 bits per heavy atom. The molecule has 0 bridgehead atoms. The second-order valence-electron chi connectivity index (χ2n) is 6.80. The van der Waals surface area contributed by atoms with Gasteiger partial charge in [-0.15, -0.1) is 0 Å². The van der Waals surface area contributed by atoms with Gasteiger partial charge in [-0.3, -0.25) is 4.90 Å². The van der Waals surface area contributed by atoms with E-state index in [1.54, 1.807) is 7.11 Å². The van der Waals surface area contributed by atoms with Gasteiger partial charge in [-0.05, 0) is 48.7 Å². The maximum absolute atomic E-state index is 10.5. The molecular weight excluding hydrogens is 312 g/mol. The first-order valence-electron chi connectivity index (χ1n) is 8.94. The lowest BCUT2D eigenvalue weighted by molar-refractivity contribution is 0.109. The number of aliphatic hydroxyl groups excluding tert-OH is 1. The van der Waals surface area contributed by atoms with E-state index in [4.69, 9.17) is 4.74 Å². The molecule has 0 aromatic heterocycles. The molecule has 1 atom stereocenters. The van der Waals surface area contributed by atoms with Crippen LogP contribution in [0.1, 0.15) is 22.8 Å². The van der Waals surface area contributed by atoms with E-state index < -0.39 is 6.10 Å². The molecule has 0 unspecified atom stereocenters. The predicted molar refractivity (Wildman–Crippen MR) is 103 cm³/mol. The molecule has 1 saturated heterocycles. The number of rotatable bonds is 5. The fraction of sp³-hybridized carbons (Fsp3) is 0.429. The third-order valence-electron chi connectivity index (χ3n) is 5.22. The average molecular weight is 340 g/mol. The van der Waals surface area contributed by atoms with Gasteiger partial charge in [-0.1, -0.05) is 24.3 Å². The summed E-state index contributed by atoms with van der Waals surface area (Å²) in [6.45, 7) is 8.98. The third-order valence-corrected chi connectivity index (χ3v) is 5.22. The van der Waals surface area contributed by atoms with Crippen molar-refractivity contribution < 1.29 is 9.84 Å². The molecule has 0 saturated carbocycles. The second-order valence-corrected chi connectivity index (χ2v) is 6.80. The Balaban J connectivity index is 1.56. The highest BCUT2D eigenvalue weighted by Gasteiger charge is 2.21. The minimum Gasteiger partial charge on any atom is -0.497 e. The van der Waals surface area contributed by atoms with Crippen LogP contribution in [0, 0.1) is 13.8 Å². The monoisotopic (exact) mass is 340 g/mol. The highest BCUT2D eigenvalue weighted by molar-refractivity contribution is 5.56. The molecule has 1 aliphatic rings. The maximum Gasteiger partial charge on any atom is 0.118 e. The van der Waals surface area contributed by atoms with E-state index in [9.17, 15) is 5.11 Å². The molecule has 25 heavy (non-hydrogen) atoms. The largest absolute Gasteiger partial charge is 0.497 e. The van der Waals surface area contributed by atoms with E-state index in [1.807, 2.05) is 24.3 Å². The van der Waals surface area contributed by atoms with Gasteiger partial charge in [0.2, 0.25) is 0 Å². The van der Waals surface area contributed by atoms with Crippen molar-refractivity contribution in [1.29, 1.82) is 0 Å². The number of β-amino-alcohol motifs (C(OH)–C–C–N with tert-alkyl or cyclic N) is 1. The Hall–Kier alpha value is -2.04. The Morgan fingerprint density at radius 1 is 1.00 bits per heavy atom. The van der Waals surface area contributed by atoms with E-state index in [0.717, 1.165) is 37.5 Å². The summed E-state index contributed by atoms with van der Waals surface area (Å²) < 4.78 is 5.17. The highest BCUT2D eigenvalue weighted by Crippen LogP contribution is 2.25. The van der Waals surface area contributed by atoms with Crippen LogP contribution in [0.5, 0.6) is 5.75 Å². The lowest BCUT2D eigenvalue weighted by atomic mass is 10.1. The van der Waals surface area contributed by atoms with Crippen molar-refractivity contribution in [2.75, 3.05) is 44.7 Å². The van der Waals surface area contributed by atoms with Crippen molar-refractivity contribution in [3.63, 3.8) is 0 Å². The normalized spacial score (nSPS) is 16.7. The smallest absolute Gasteiger partial charge is 0.118 e. The quantitative estimate of drug-likeness (QED) is 0.907. The lowest BCUT2D eigenvalue weighted by Gasteiger charge is -2.37. The average Bonchev–Trinajstić information content (AvgIpc) is 2.65. The molecule has 4 heteroatoms. The first kappa shape index (κ1) is 17.8. The van der Waals surface area contributed by atoms with Crippen LogP contribution in [0.4, 0.5) is 5.69 Å². The molecule has 2 aromatic rings. The van der Waals surface area contributed by atoms with Crippen LogP contribution in [0.3, 0.4) is 0 Å². The molecule has 0 aliphatic carbocycles. The third kappa shape index (κ3) is 4.14. The number of aryl methyl sites for hydroxylation is 1. The van der Waals surface area contributed by atoms with Crippen molar-refractivity contribution in [3.8, 4) is 5.75 Å². The molecule has 0 spiro atoms. The van der Waals surface area contributed by atoms with Gasteiger partial charge in [-0.25, -0.2) is 0 Å². The fourth-order valence-corrected chi connectivity index (χ4v) is 3.43. The van der Waals surface area contributed by atoms with Crippen molar-refractivity contribution in [1.82, 2.24) is 4.90 Å². The first-order chi connectivity index (χ1) is 12.1. The molecule has 4 nitrogen and oxygen atoms in total. The zero-order valence-electron chi connectivity index (χ0n) is 15.4. The van der Waals surface area contributed by atoms with Crippen molar-refractivity contribution in [3.05, 3.63) is 59.2 Å². The van der Waals surface area contributed by atoms with Crippen LogP contribution in [0.25, 0.3) is 0 Å². The minimum atomic E-state index is -0.460. The SMILES string of the molecule is COc1ccc([C@H](O)CN2CCN(c3cccc(C)c3C)CC2)cc1. The van der Waals surface area contributed by atoms with E-state index in [0.29, 0.717) is 6.54 Å². The summed E-state index contributed by atoms with van der Waals surface area (Å²) in [7, 11) is 1.65. The number of ether oxygens (including phenoxy) is 1.